The van der Waals surface area contributed by atoms with E-state index in [1.165, 1.54) is 22.3 Å². The number of rotatable bonds is 8. The zero-order chi connectivity index (χ0) is 25.3. The molecule has 0 radical (unpaired) electrons. The minimum atomic E-state index is -0.206. The lowest BCUT2D eigenvalue weighted by molar-refractivity contribution is 0.0944. The fraction of sp³-hybridized carbons (Fsp3) is 0.355. The van der Waals surface area contributed by atoms with Crippen molar-refractivity contribution in [3.63, 3.8) is 0 Å². The van der Waals surface area contributed by atoms with Crippen LogP contribution in [-0.4, -0.2) is 15.6 Å². The van der Waals surface area contributed by atoms with Crippen LogP contribution in [0.4, 0.5) is 5.82 Å². The van der Waals surface area contributed by atoms with E-state index in [1.54, 1.807) is 17.5 Å². The Morgan fingerprint density at radius 3 is 2.42 bits per heavy atom. The normalized spacial score (nSPS) is 16.8. The Kier molecular flexibility index (Phi) is 6.60. The Bertz CT molecular complexity index is 1320. The highest BCUT2D eigenvalue weighted by atomic mass is 32.1. The molecule has 4 aromatic rings. The van der Waals surface area contributed by atoms with Crippen LogP contribution < -0.4 is 5.32 Å². The number of benzene rings is 2. The molecule has 1 N–H and O–H groups in total. The van der Waals surface area contributed by atoms with Gasteiger partial charge in [-0.15, -0.1) is 0 Å². The summed E-state index contributed by atoms with van der Waals surface area (Å²) in [5.74, 6) is 0.998. The lowest BCUT2D eigenvalue weighted by Crippen LogP contribution is -2.38. The standard InChI is InChI=1S/C31H35N3OS/c1-5-31(6-2,25-14-12-22(13-15-25)24-16-17-36-21-24)19-28(35)26-20-32-34-29(26)33-27(18-30(34,3)4)23-10-8-7-9-11-23/h7-17,20-21,27,33H,5-6,18-19H2,1-4H3. The van der Waals surface area contributed by atoms with Gasteiger partial charge < -0.3 is 5.32 Å². The molecule has 4 nitrogen and oxygen atoms in total. The fourth-order valence-corrected chi connectivity index (χ4v) is 6.36. The molecule has 0 aliphatic carbocycles. The predicted molar refractivity (Wildman–Crippen MR) is 150 cm³/mol. The number of carbonyl (C=O) groups is 1. The molecule has 0 fully saturated rings. The van der Waals surface area contributed by atoms with Crippen LogP contribution in [0.25, 0.3) is 11.1 Å². The average molecular weight is 498 g/mol. The summed E-state index contributed by atoms with van der Waals surface area (Å²) >= 11 is 1.71. The number of fused-ring (bicyclic) bond motifs is 1. The van der Waals surface area contributed by atoms with E-state index in [2.05, 4.69) is 103 Å². The van der Waals surface area contributed by atoms with Crippen LogP contribution in [0, 0.1) is 0 Å². The van der Waals surface area contributed by atoms with Crippen molar-refractivity contribution in [3.8, 4) is 11.1 Å². The van der Waals surface area contributed by atoms with E-state index in [0.29, 0.717) is 12.0 Å². The van der Waals surface area contributed by atoms with E-state index in [0.717, 1.165) is 25.1 Å². The molecule has 2 aromatic heterocycles. The van der Waals surface area contributed by atoms with Gasteiger partial charge in [0.05, 0.1) is 23.3 Å². The number of thiophene rings is 1. The number of hydrogen-bond acceptors (Lipinski definition) is 4. The maximum atomic E-state index is 13.9. The number of carbonyl (C=O) groups excluding carboxylic acids is 1. The zero-order valence-corrected chi connectivity index (χ0v) is 22.4. The smallest absolute Gasteiger partial charge is 0.169 e. The third-order valence-corrected chi connectivity index (χ3v) is 8.75. The minimum absolute atomic E-state index is 0.142. The van der Waals surface area contributed by atoms with Crippen molar-refractivity contribution in [3.05, 3.63) is 94.3 Å². The van der Waals surface area contributed by atoms with Crippen LogP contribution >= 0.6 is 11.3 Å². The Morgan fingerprint density at radius 2 is 1.78 bits per heavy atom. The van der Waals surface area contributed by atoms with Crippen LogP contribution in [0.1, 0.15) is 80.9 Å². The Morgan fingerprint density at radius 1 is 1.06 bits per heavy atom. The summed E-state index contributed by atoms with van der Waals surface area (Å²) in [6, 6.07) is 21.6. The molecule has 0 saturated heterocycles. The average Bonchev–Trinajstić information content (AvgIpc) is 3.59. The maximum Gasteiger partial charge on any atom is 0.169 e. The summed E-state index contributed by atoms with van der Waals surface area (Å²) in [6.07, 6.45) is 4.96. The molecular formula is C31H35N3OS. The molecule has 5 rings (SSSR count). The minimum Gasteiger partial charge on any atom is -0.363 e. The summed E-state index contributed by atoms with van der Waals surface area (Å²) < 4.78 is 2.01. The van der Waals surface area contributed by atoms with Crippen molar-refractivity contribution in [2.75, 3.05) is 5.32 Å². The third-order valence-electron chi connectivity index (χ3n) is 8.06. The van der Waals surface area contributed by atoms with Gasteiger partial charge in [0.1, 0.15) is 5.82 Å². The van der Waals surface area contributed by atoms with Crippen LogP contribution in [0.2, 0.25) is 0 Å². The zero-order valence-electron chi connectivity index (χ0n) is 21.6. The molecule has 1 aliphatic heterocycles. The second kappa shape index (κ2) is 9.70. The molecule has 36 heavy (non-hydrogen) atoms. The second-order valence-electron chi connectivity index (χ2n) is 10.6. The first-order valence-electron chi connectivity index (χ1n) is 12.9. The molecular weight excluding hydrogens is 462 g/mol. The predicted octanol–water partition coefficient (Wildman–Crippen LogP) is 8.23. The first-order valence-corrected chi connectivity index (χ1v) is 13.9. The third kappa shape index (κ3) is 4.41. The highest BCUT2D eigenvalue weighted by Crippen LogP contribution is 2.42. The largest absolute Gasteiger partial charge is 0.363 e. The van der Waals surface area contributed by atoms with Crippen molar-refractivity contribution in [2.24, 2.45) is 0 Å². The number of hydrogen-bond donors (Lipinski definition) is 1. The van der Waals surface area contributed by atoms with Crippen molar-refractivity contribution in [1.82, 2.24) is 9.78 Å². The molecule has 5 heteroatoms. The summed E-state index contributed by atoms with van der Waals surface area (Å²) in [5, 5.41) is 12.6. The van der Waals surface area contributed by atoms with Crippen LogP contribution in [0.5, 0.6) is 0 Å². The van der Waals surface area contributed by atoms with Crippen LogP contribution in [-0.2, 0) is 11.0 Å². The highest BCUT2D eigenvalue weighted by molar-refractivity contribution is 7.08. The van der Waals surface area contributed by atoms with Crippen molar-refractivity contribution < 1.29 is 4.79 Å². The quantitative estimate of drug-likeness (QED) is 0.249. The number of aromatic nitrogens is 2. The molecule has 2 aromatic carbocycles. The lowest BCUT2D eigenvalue weighted by atomic mass is 9.71. The summed E-state index contributed by atoms with van der Waals surface area (Å²) in [7, 11) is 0. The molecule has 0 spiro atoms. The van der Waals surface area contributed by atoms with Gasteiger partial charge in [-0.25, -0.2) is 4.68 Å². The molecule has 3 heterocycles. The Hall–Kier alpha value is -3.18. The van der Waals surface area contributed by atoms with Gasteiger partial charge in [-0.05, 0) is 72.2 Å². The molecule has 0 amide bonds. The van der Waals surface area contributed by atoms with Crippen molar-refractivity contribution >= 4 is 22.9 Å². The number of ketones is 1. The van der Waals surface area contributed by atoms with E-state index < -0.39 is 0 Å². The second-order valence-corrected chi connectivity index (χ2v) is 11.4. The highest BCUT2D eigenvalue weighted by Gasteiger charge is 2.38. The number of Topliss-reactive ketones (excluding diaryl/α,β-unsaturated/α-hetero) is 1. The van der Waals surface area contributed by atoms with E-state index in [4.69, 9.17) is 0 Å². The molecule has 186 valence electrons. The van der Waals surface area contributed by atoms with Crippen LogP contribution in [0.3, 0.4) is 0 Å². The van der Waals surface area contributed by atoms with Crippen molar-refractivity contribution in [2.45, 2.75) is 70.4 Å². The van der Waals surface area contributed by atoms with Gasteiger partial charge in [-0.1, -0.05) is 68.4 Å². The number of nitrogens with zero attached hydrogens (tertiary/aromatic N) is 2. The van der Waals surface area contributed by atoms with Crippen molar-refractivity contribution in [1.29, 1.82) is 0 Å². The van der Waals surface area contributed by atoms with E-state index in [-0.39, 0.29) is 22.8 Å². The van der Waals surface area contributed by atoms with Gasteiger partial charge in [-0.3, -0.25) is 4.79 Å². The van der Waals surface area contributed by atoms with Gasteiger partial charge >= 0.3 is 0 Å². The van der Waals surface area contributed by atoms with Crippen LogP contribution in [0.15, 0.2) is 77.6 Å². The van der Waals surface area contributed by atoms with E-state index in [9.17, 15) is 4.79 Å². The molecule has 0 saturated carbocycles. The Labute approximate surface area is 218 Å². The van der Waals surface area contributed by atoms with Gasteiger partial charge in [0.2, 0.25) is 0 Å². The Balaban J connectivity index is 1.44. The van der Waals surface area contributed by atoms with Gasteiger partial charge in [-0.2, -0.15) is 16.4 Å². The molecule has 1 unspecified atom stereocenters. The van der Waals surface area contributed by atoms with E-state index >= 15 is 0 Å². The van der Waals surface area contributed by atoms with E-state index in [1.807, 2.05) is 10.7 Å². The van der Waals surface area contributed by atoms with Gasteiger partial charge in [0, 0.05) is 11.8 Å². The van der Waals surface area contributed by atoms with Gasteiger partial charge in [0.25, 0.3) is 0 Å². The molecule has 0 bridgehead atoms. The van der Waals surface area contributed by atoms with Gasteiger partial charge in [0.15, 0.2) is 5.78 Å². The molecule has 1 atom stereocenters. The number of nitrogens with one attached hydrogen (secondary N) is 1. The first-order chi connectivity index (χ1) is 17.4. The monoisotopic (exact) mass is 497 g/mol. The maximum absolute atomic E-state index is 13.9. The molecule has 1 aliphatic rings. The lowest BCUT2D eigenvalue weighted by Gasteiger charge is -2.38. The number of anilines is 1. The fourth-order valence-electron chi connectivity index (χ4n) is 5.70. The topological polar surface area (TPSA) is 46.9 Å². The summed E-state index contributed by atoms with van der Waals surface area (Å²) in [6.45, 7) is 8.80. The summed E-state index contributed by atoms with van der Waals surface area (Å²) in [4.78, 5) is 13.9. The SMILES string of the molecule is CCC(CC)(CC(=O)c1cnn2c1NC(c1ccccc1)CC2(C)C)c1ccc(-c2ccsc2)cc1. The summed E-state index contributed by atoms with van der Waals surface area (Å²) in [5.41, 5.74) is 5.23. The first kappa shape index (κ1) is 24.5.